The van der Waals surface area contributed by atoms with Gasteiger partial charge in [0.1, 0.15) is 0 Å². The predicted molar refractivity (Wildman–Crippen MR) is 101 cm³/mol. The maximum absolute atomic E-state index is 14.7. The van der Waals surface area contributed by atoms with Crippen LogP contribution in [0.3, 0.4) is 0 Å². The van der Waals surface area contributed by atoms with E-state index in [4.69, 9.17) is 0 Å². The van der Waals surface area contributed by atoms with Gasteiger partial charge in [0.05, 0.1) is 0 Å². The Morgan fingerprint density at radius 3 is 2.42 bits per heavy atom. The molecule has 0 radical (unpaired) electrons. The molecule has 0 saturated heterocycles. The molecule has 1 atom stereocenters. The maximum atomic E-state index is 14.7. The number of benzene rings is 1. The van der Waals surface area contributed by atoms with Crippen molar-refractivity contribution in [3.8, 4) is 22.4 Å². The molecule has 134 valence electrons. The molecule has 0 N–H and O–H groups in total. The van der Waals surface area contributed by atoms with E-state index in [2.05, 4.69) is 15.0 Å². The van der Waals surface area contributed by atoms with Gasteiger partial charge >= 0.3 is 146 Å². The molecule has 2 heterocycles. The van der Waals surface area contributed by atoms with Gasteiger partial charge in [-0.15, -0.1) is 0 Å². The molecular formula is C18H17AsFN3O2S. The number of halogens is 1. The molecule has 26 heavy (non-hydrogen) atoms. The molecule has 1 aromatic carbocycles. The molecule has 0 aliphatic heterocycles. The average molecular weight is 433 g/mol. The van der Waals surface area contributed by atoms with Crippen LogP contribution in [-0.2, 0) is 9.84 Å². The second-order valence-corrected chi connectivity index (χ2v) is 9.63. The fraction of sp³-hybridized carbons (Fsp3) is 0.167. The van der Waals surface area contributed by atoms with Crippen LogP contribution in [0.4, 0.5) is 4.39 Å². The van der Waals surface area contributed by atoms with E-state index in [1.54, 1.807) is 44.3 Å². The second-order valence-electron chi connectivity index (χ2n) is 5.97. The third-order valence-electron chi connectivity index (χ3n) is 3.89. The molecule has 8 heteroatoms. The number of pyridine rings is 1. The van der Waals surface area contributed by atoms with Gasteiger partial charge in [-0.05, 0) is 13.8 Å². The summed E-state index contributed by atoms with van der Waals surface area (Å²) in [4.78, 5) is 12.4. The summed E-state index contributed by atoms with van der Waals surface area (Å²) in [6.07, 6.45) is 4.54. The molecule has 3 rings (SSSR count). The Morgan fingerprint density at radius 1 is 1.04 bits per heavy atom. The first-order chi connectivity index (χ1) is 12.3. The van der Waals surface area contributed by atoms with Gasteiger partial charge in [0.15, 0.2) is 0 Å². The normalized spacial score (nSPS) is 11.7. The number of rotatable bonds is 4. The second kappa shape index (κ2) is 7.25. The zero-order valence-corrected chi connectivity index (χ0v) is 17.5. The van der Waals surface area contributed by atoms with Crippen LogP contribution in [0.5, 0.6) is 0 Å². The van der Waals surface area contributed by atoms with E-state index < -0.39 is 20.9 Å². The fourth-order valence-corrected chi connectivity index (χ4v) is 3.89. The molecule has 5 nitrogen and oxygen atoms in total. The van der Waals surface area contributed by atoms with Gasteiger partial charge < -0.3 is 0 Å². The fourth-order valence-electron chi connectivity index (χ4n) is 2.43. The molecule has 3 aromatic rings. The Balaban J connectivity index is 2.10. The summed E-state index contributed by atoms with van der Waals surface area (Å²) >= 11 is 1.34. The molecular weight excluding hydrogens is 416 g/mol. The number of hydrogen-bond donors (Lipinski definition) is 0. The van der Waals surface area contributed by atoms with Crippen LogP contribution in [0.1, 0.15) is 13.8 Å². The van der Waals surface area contributed by atoms with Crippen molar-refractivity contribution in [2.45, 2.75) is 24.1 Å². The van der Waals surface area contributed by atoms with E-state index in [-0.39, 0.29) is 5.03 Å². The van der Waals surface area contributed by atoms with Gasteiger partial charge in [0.2, 0.25) is 0 Å². The summed E-state index contributed by atoms with van der Waals surface area (Å²) in [6, 6.07) is 7.81. The van der Waals surface area contributed by atoms with Crippen LogP contribution in [0, 0.1) is 5.82 Å². The van der Waals surface area contributed by atoms with Gasteiger partial charge in [-0.3, -0.25) is 0 Å². The third kappa shape index (κ3) is 3.55. The Hall–Kier alpha value is -2.11. The van der Waals surface area contributed by atoms with Crippen molar-refractivity contribution in [2.24, 2.45) is 0 Å². The van der Waals surface area contributed by atoms with Gasteiger partial charge in [-0.1, -0.05) is 0 Å². The van der Waals surface area contributed by atoms with Crippen molar-refractivity contribution in [1.29, 1.82) is 0 Å². The van der Waals surface area contributed by atoms with Crippen molar-refractivity contribution in [3.63, 3.8) is 0 Å². The molecule has 2 aromatic heterocycles. The molecule has 0 spiro atoms. The minimum absolute atomic E-state index is 0.0421. The minimum atomic E-state index is -3.59. The van der Waals surface area contributed by atoms with Crippen molar-refractivity contribution in [3.05, 3.63) is 54.7 Å². The summed E-state index contributed by atoms with van der Waals surface area (Å²) in [5.41, 5.74) is 1.56. The van der Waals surface area contributed by atoms with E-state index in [1.165, 1.54) is 35.3 Å². The van der Waals surface area contributed by atoms with Crippen LogP contribution < -0.4 is 4.48 Å². The number of aromatic nitrogens is 3. The monoisotopic (exact) mass is 433 g/mol. The van der Waals surface area contributed by atoms with Gasteiger partial charge in [-0.2, -0.15) is 0 Å². The molecule has 0 amide bonds. The first-order valence-corrected chi connectivity index (χ1v) is 10.6. The van der Waals surface area contributed by atoms with Crippen molar-refractivity contribution >= 4 is 31.2 Å². The Bertz CT molecular complexity index is 1050. The number of sulfone groups is 1. The quantitative estimate of drug-likeness (QED) is 0.587. The first kappa shape index (κ1) is 18.7. The zero-order chi connectivity index (χ0) is 18.9. The van der Waals surface area contributed by atoms with Gasteiger partial charge in [0.25, 0.3) is 0 Å². The predicted octanol–water partition coefficient (Wildman–Crippen LogP) is 1.79. The van der Waals surface area contributed by atoms with Crippen molar-refractivity contribution in [1.82, 2.24) is 15.0 Å². The molecule has 0 bridgehead atoms. The van der Waals surface area contributed by atoms with E-state index in [9.17, 15) is 12.8 Å². The van der Waals surface area contributed by atoms with Gasteiger partial charge in [0, 0.05) is 0 Å². The average Bonchev–Trinajstić information content (AvgIpc) is 2.62. The van der Waals surface area contributed by atoms with Crippen LogP contribution in [-0.4, -0.2) is 45.5 Å². The van der Waals surface area contributed by atoms with E-state index in [0.717, 1.165) is 4.48 Å². The molecule has 0 aliphatic rings. The third-order valence-corrected chi connectivity index (χ3v) is 6.62. The Morgan fingerprint density at radius 2 is 1.81 bits per heavy atom. The van der Waals surface area contributed by atoms with Crippen LogP contribution in [0.25, 0.3) is 22.4 Å². The van der Waals surface area contributed by atoms with Crippen LogP contribution in [0.2, 0.25) is 0 Å². The zero-order valence-electron chi connectivity index (χ0n) is 14.2. The van der Waals surface area contributed by atoms with Crippen LogP contribution in [0.15, 0.2) is 53.9 Å². The summed E-state index contributed by atoms with van der Waals surface area (Å²) in [5.74, 6) is -0.497. The van der Waals surface area contributed by atoms with E-state index >= 15 is 0 Å². The molecule has 0 aliphatic carbocycles. The van der Waals surface area contributed by atoms with Crippen molar-refractivity contribution in [2.75, 3.05) is 0 Å². The molecule has 0 saturated carbocycles. The summed E-state index contributed by atoms with van der Waals surface area (Å²) in [5, 5.41) is -0.663. The molecule has 1 unspecified atom stereocenters. The van der Waals surface area contributed by atoms with Crippen molar-refractivity contribution < 1.29 is 12.8 Å². The van der Waals surface area contributed by atoms with Crippen LogP contribution >= 0.6 is 0 Å². The summed E-state index contributed by atoms with van der Waals surface area (Å²) < 4.78 is 40.6. The molecule has 0 fully saturated rings. The summed E-state index contributed by atoms with van der Waals surface area (Å²) in [7, 11) is -3.59. The number of nitrogens with zero attached hydrogens (tertiary/aromatic N) is 3. The van der Waals surface area contributed by atoms with Gasteiger partial charge in [-0.25, -0.2) is 0 Å². The topological polar surface area (TPSA) is 72.8 Å². The van der Waals surface area contributed by atoms with E-state index in [1.807, 2.05) is 0 Å². The Labute approximate surface area is 160 Å². The summed E-state index contributed by atoms with van der Waals surface area (Å²) in [6.45, 7) is 3.18. The van der Waals surface area contributed by atoms with E-state index in [0.29, 0.717) is 22.4 Å². The standard InChI is InChI=1S/C18H17AsFN3O2S/c1-11(2)26(24,25)18-13(4-3-7-21-18)12-5-6-14(15(20)8-12)16-9-23-17(19)10-22-16/h3-11H,19H2,1-2H3. The number of hydrogen-bond acceptors (Lipinski definition) is 5. The first-order valence-electron chi connectivity index (χ1n) is 7.87. The SMILES string of the molecule is CC(C)S(=O)(=O)c1ncccc1-c1ccc(-c2cnc([AsH2])cn2)c(F)c1. The Kier molecular flexibility index (Phi) is 5.21.